The first-order chi connectivity index (χ1) is 8.93. The van der Waals surface area contributed by atoms with Crippen molar-refractivity contribution in [1.29, 1.82) is 0 Å². The molecule has 1 aromatic rings. The maximum atomic E-state index is 12.9. The summed E-state index contributed by atoms with van der Waals surface area (Å²) < 4.78 is 12.9. The van der Waals surface area contributed by atoms with Crippen molar-refractivity contribution in [3.63, 3.8) is 0 Å². The highest BCUT2D eigenvalue weighted by Crippen LogP contribution is 2.19. The standard InChI is InChI=1S/C14H22FN3O/c1-4-18(10(2)3)8-7-14(19)17-13-6-5-11(15)9-12(13)16/h5-6,9-10H,4,7-8,16H2,1-3H3,(H,17,19). The average Bonchev–Trinajstić information content (AvgIpc) is 2.33. The maximum Gasteiger partial charge on any atom is 0.225 e. The third-order valence-corrected chi connectivity index (χ3v) is 3.05. The Labute approximate surface area is 113 Å². The molecule has 1 aromatic carbocycles. The molecule has 5 heteroatoms. The molecular formula is C14H22FN3O. The van der Waals surface area contributed by atoms with E-state index in [1.54, 1.807) is 0 Å². The predicted molar refractivity (Wildman–Crippen MR) is 76.4 cm³/mol. The van der Waals surface area contributed by atoms with E-state index in [2.05, 4.69) is 31.0 Å². The SMILES string of the molecule is CCN(CCC(=O)Nc1ccc(F)cc1N)C(C)C. The number of carbonyl (C=O) groups is 1. The fourth-order valence-corrected chi connectivity index (χ4v) is 1.89. The Bertz CT molecular complexity index is 435. The van der Waals surface area contributed by atoms with Crippen LogP contribution in [0.5, 0.6) is 0 Å². The van der Waals surface area contributed by atoms with Crippen LogP contribution < -0.4 is 11.1 Å². The van der Waals surface area contributed by atoms with E-state index in [-0.39, 0.29) is 11.6 Å². The van der Waals surface area contributed by atoms with Crippen LogP contribution in [0.3, 0.4) is 0 Å². The quantitative estimate of drug-likeness (QED) is 0.778. The highest BCUT2D eigenvalue weighted by molar-refractivity contribution is 5.93. The zero-order valence-corrected chi connectivity index (χ0v) is 11.7. The van der Waals surface area contributed by atoms with Crippen molar-refractivity contribution in [2.45, 2.75) is 33.2 Å². The Hall–Kier alpha value is -1.62. The molecule has 0 atom stereocenters. The Morgan fingerprint density at radius 3 is 2.68 bits per heavy atom. The van der Waals surface area contributed by atoms with Crippen molar-refractivity contribution < 1.29 is 9.18 Å². The lowest BCUT2D eigenvalue weighted by Crippen LogP contribution is -2.33. The van der Waals surface area contributed by atoms with Gasteiger partial charge in [0.25, 0.3) is 0 Å². The number of benzene rings is 1. The molecule has 0 aliphatic carbocycles. The first kappa shape index (κ1) is 15.4. The Kier molecular flexibility index (Phi) is 5.76. The van der Waals surface area contributed by atoms with Crippen molar-refractivity contribution in [2.24, 2.45) is 0 Å². The van der Waals surface area contributed by atoms with Gasteiger partial charge in [-0.05, 0) is 38.6 Å². The second-order valence-electron chi connectivity index (χ2n) is 4.75. The minimum absolute atomic E-state index is 0.114. The maximum absolute atomic E-state index is 12.9. The molecule has 0 saturated heterocycles. The molecule has 106 valence electrons. The molecule has 0 spiro atoms. The number of nitrogens with zero attached hydrogens (tertiary/aromatic N) is 1. The van der Waals surface area contributed by atoms with E-state index in [0.29, 0.717) is 24.7 Å². The average molecular weight is 267 g/mol. The van der Waals surface area contributed by atoms with E-state index in [9.17, 15) is 9.18 Å². The molecule has 0 unspecified atom stereocenters. The van der Waals surface area contributed by atoms with Crippen LogP contribution in [0.2, 0.25) is 0 Å². The summed E-state index contributed by atoms with van der Waals surface area (Å²) in [4.78, 5) is 14.0. The van der Waals surface area contributed by atoms with E-state index >= 15 is 0 Å². The van der Waals surface area contributed by atoms with Gasteiger partial charge in [-0.3, -0.25) is 4.79 Å². The smallest absolute Gasteiger partial charge is 0.225 e. The van der Waals surface area contributed by atoms with Crippen molar-refractivity contribution in [2.75, 3.05) is 24.1 Å². The lowest BCUT2D eigenvalue weighted by molar-refractivity contribution is -0.116. The summed E-state index contributed by atoms with van der Waals surface area (Å²) in [6.07, 6.45) is 0.392. The minimum Gasteiger partial charge on any atom is -0.397 e. The first-order valence-electron chi connectivity index (χ1n) is 6.53. The summed E-state index contributed by atoms with van der Waals surface area (Å²) in [6.45, 7) is 7.86. The molecule has 0 aliphatic heterocycles. The highest BCUT2D eigenvalue weighted by atomic mass is 19.1. The number of anilines is 2. The summed E-state index contributed by atoms with van der Waals surface area (Å²) in [5.41, 5.74) is 6.33. The number of nitrogens with one attached hydrogen (secondary N) is 1. The summed E-state index contributed by atoms with van der Waals surface area (Å²) in [6, 6.07) is 4.36. The van der Waals surface area contributed by atoms with Crippen LogP contribution in [-0.2, 0) is 4.79 Å². The second-order valence-corrected chi connectivity index (χ2v) is 4.75. The number of hydrogen-bond acceptors (Lipinski definition) is 3. The van der Waals surface area contributed by atoms with Crippen LogP contribution in [0.25, 0.3) is 0 Å². The molecule has 0 bridgehead atoms. The van der Waals surface area contributed by atoms with E-state index in [0.717, 1.165) is 6.54 Å². The molecule has 0 saturated carbocycles. The van der Waals surface area contributed by atoms with Gasteiger partial charge in [0.15, 0.2) is 0 Å². The molecule has 4 nitrogen and oxygen atoms in total. The summed E-state index contributed by atoms with van der Waals surface area (Å²) >= 11 is 0. The van der Waals surface area contributed by atoms with Crippen LogP contribution in [0, 0.1) is 5.82 Å². The molecule has 0 radical (unpaired) electrons. The normalized spacial score (nSPS) is 11.1. The lowest BCUT2D eigenvalue weighted by Gasteiger charge is -2.24. The molecule has 1 amide bonds. The van der Waals surface area contributed by atoms with Crippen LogP contribution in [-0.4, -0.2) is 29.9 Å². The third kappa shape index (κ3) is 4.87. The number of hydrogen-bond donors (Lipinski definition) is 2. The predicted octanol–water partition coefficient (Wildman–Crippen LogP) is 2.47. The molecular weight excluding hydrogens is 245 g/mol. The van der Waals surface area contributed by atoms with E-state index in [1.807, 2.05) is 0 Å². The van der Waals surface area contributed by atoms with Crippen LogP contribution in [0.4, 0.5) is 15.8 Å². The fraction of sp³-hybridized carbons (Fsp3) is 0.500. The monoisotopic (exact) mass is 267 g/mol. The zero-order chi connectivity index (χ0) is 14.4. The van der Waals surface area contributed by atoms with Gasteiger partial charge >= 0.3 is 0 Å². The van der Waals surface area contributed by atoms with Crippen LogP contribution >= 0.6 is 0 Å². The van der Waals surface area contributed by atoms with E-state index in [1.165, 1.54) is 18.2 Å². The zero-order valence-electron chi connectivity index (χ0n) is 11.7. The van der Waals surface area contributed by atoms with Crippen LogP contribution in [0.15, 0.2) is 18.2 Å². The summed E-state index contributed by atoms with van der Waals surface area (Å²) in [5, 5.41) is 2.70. The number of nitrogen functional groups attached to an aromatic ring is 1. The third-order valence-electron chi connectivity index (χ3n) is 3.05. The van der Waals surface area contributed by atoms with E-state index in [4.69, 9.17) is 5.73 Å². The second kappa shape index (κ2) is 7.09. The fourth-order valence-electron chi connectivity index (χ4n) is 1.89. The molecule has 19 heavy (non-hydrogen) atoms. The van der Waals surface area contributed by atoms with Crippen molar-refractivity contribution >= 4 is 17.3 Å². The molecule has 0 heterocycles. The van der Waals surface area contributed by atoms with Gasteiger partial charge in [0.1, 0.15) is 5.82 Å². The minimum atomic E-state index is -0.410. The van der Waals surface area contributed by atoms with Gasteiger partial charge < -0.3 is 16.0 Å². The number of nitrogens with two attached hydrogens (primary N) is 1. The molecule has 1 rings (SSSR count). The Morgan fingerprint density at radius 1 is 1.47 bits per heavy atom. The van der Waals surface area contributed by atoms with E-state index < -0.39 is 5.82 Å². The van der Waals surface area contributed by atoms with Gasteiger partial charge in [-0.25, -0.2) is 4.39 Å². The number of rotatable bonds is 6. The van der Waals surface area contributed by atoms with Crippen LogP contribution in [0.1, 0.15) is 27.2 Å². The first-order valence-corrected chi connectivity index (χ1v) is 6.53. The Morgan fingerprint density at radius 2 is 2.16 bits per heavy atom. The number of amides is 1. The molecule has 0 aromatic heterocycles. The van der Waals surface area contributed by atoms with Crippen molar-refractivity contribution in [1.82, 2.24) is 4.90 Å². The topological polar surface area (TPSA) is 58.4 Å². The van der Waals surface area contributed by atoms with Gasteiger partial charge in [-0.1, -0.05) is 6.92 Å². The lowest BCUT2D eigenvalue weighted by atomic mass is 10.2. The number of halogens is 1. The van der Waals surface area contributed by atoms with Crippen molar-refractivity contribution in [3.05, 3.63) is 24.0 Å². The van der Waals surface area contributed by atoms with Gasteiger partial charge in [-0.15, -0.1) is 0 Å². The van der Waals surface area contributed by atoms with Gasteiger partial charge in [0.2, 0.25) is 5.91 Å². The molecule has 3 N–H and O–H groups in total. The van der Waals surface area contributed by atoms with Crippen molar-refractivity contribution in [3.8, 4) is 0 Å². The van der Waals surface area contributed by atoms with Gasteiger partial charge in [-0.2, -0.15) is 0 Å². The highest BCUT2D eigenvalue weighted by Gasteiger charge is 2.11. The summed E-state index contributed by atoms with van der Waals surface area (Å²) in [5.74, 6) is -0.523. The van der Waals surface area contributed by atoms with Gasteiger partial charge in [0, 0.05) is 19.0 Å². The Balaban J connectivity index is 2.51. The summed E-state index contributed by atoms with van der Waals surface area (Å²) in [7, 11) is 0. The largest absolute Gasteiger partial charge is 0.397 e. The molecule has 0 fully saturated rings. The molecule has 0 aliphatic rings. The van der Waals surface area contributed by atoms with Gasteiger partial charge in [0.05, 0.1) is 11.4 Å². The number of carbonyl (C=O) groups excluding carboxylic acids is 1.